The second-order valence-electron chi connectivity index (χ2n) is 3.86. The number of aryl methyl sites for hydroxylation is 1. The average molecular weight is 247 g/mol. The molecule has 0 radical (unpaired) electrons. The molecular weight excluding hydrogens is 234 g/mol. The van der Waals surface area contributed by atoms with Crippen molar-refractivity contribution in [3.05, 3.63) is 36.2 Å². The molecule has 0 fully saturated rings. The number of nitrogens with zero attached hydrogens (tertiary/aromatic N) is 5. The Kier molecular flexibility index (Phi) is 3.22. The van der Waals surface area contributed by atoms with E-state index in [0.29, 0.717) is 12.5 Å². The summed E-state index contributed by atoms with van der Waals surface area (Å²) in [7, 11) is 3.68. The number of imidazole rings is 1. The fourth-order valence-electron chi connectivity index (χ4n) is 1.48. The zero-order valence-electron chi connectivity index (χ0n) is 10.1. The molecule has 0 atom stereocenters. The fraction of sp³-hybridized carbons (Fsp3) is 0.273. The maximum absolute atomic E-state index is 10.8. The molecular formula is C11H13N5O2. The minimum atomic E-state index is -1.07. The van der Waals surface area contributed by atoms with Crippen molar-refractivity contribution < 1.29 is 9.90 Å². The van der Waals surface area contributed by atoms with Gasteiger partial charge < -0.3 is 14.6 Å². The quantitative estimate of drug-likeness (QED) is 0.849. The molecule has 18 heavy (non-hydrogen) atoms. The van der Waals surface area contributed by atoms with Gasteiger partial charge in [0, 0.05) is 32.7 Å². The normalized spacial score (nSPS) is 10.3. The zero-order valence-corrected chi connectivity index (χ0v) is 10.1. The maximum Gasteiger partial charge on any atom is 0.354 e. The molecule has 0 aliphatic carbocycles. The Morgan fingerprint density at radius 2 is 2.22 bits per heavy atom. The van der Waals surface area contributed by atoms with Crippen LogP contribution in [0.3, 0.4) is 0 Å². The Labute approximate surface area is 104 Å². The van der Waals surface area contributed by atoms with Crippen LogP contribution >= 0.6 is 0 Å². The molecule has 2 rings (SSSR count). The van der Waals surface area contributed by atoms with Crippen molar-refractivity contribution in [3.63, 3.8) is 0 Å². The van der Waals surface area contributed by atoms with E-state index < -0.39 is 5.97 Å². The third-order valence-electron chi connectivity index (χ3n) is 2.50. The Bertz CT molecular complexity index is 566. The molecule has 94 valence electrons. The predicted octanol–water partition coefficient (Wildman–Crippen LogP) is 0.545. The highest BCUT2D eigenvalue weighted by Gasteiger charge is 2.11. The van der Waals surface area contributed by atoms with Crippen molar-refractivity contribution >= 4 is 11.9 Å². The smallest absolute Gasteiger partial charge is 0.354 e. The van der Waals surface area contributed by atoms with Gasteiger partial charge in [0.2, 0.25) is 5.95 Å². The van der Waals surface area contributed by atoms with Crippen LogP contribution in [0.4, 0.5) is 5.95 Å². The molecule has 2 heterocycles. The summed E-state index contributed by atoms with van der Waals surface area (Å²) < 4.78 is 1.89. The van der Waals surface area contributed by atoms with Gasteiger partial charge in [0.05, 0.1) is 6.54 Å². The van der Waals surface area contributed by atoms with E-state index in [4.69, 9.17) is 5.11 Å². The van der Waals surface area contributed by atoms with Crippen molar-refractivity contribution in [2.75, 3.05) is 11.9 Å². The third kappa shape index (κ3) is 2.45. The molecule has 7 nitrogen and oxygen atoms in total. The number of rotatable bonds is 4. The third-order valence-corrected chi connectivity index (χ3v) is 2.50. The molecule has 0 spiro atoms. The summed E-state index contributed by atoms with van der Waals surface area (Å²) in [5.41, 5.74) is -0.0216. The Morgan fingerprint density at radius 3 is 2.83 bits per heavy atom. The van der Waals surface area contributed by atoms with Gasteiger partial charge in [-0.3, -0.25) is 0 Å². The van der Waals surface area contributed by atoms with Crippen LogP contribution in [0.25, 0.3) is 0 Å². The minimum absolute atomic E-state index is 0.0216. The SMILES string of the molecule is CN(Cc1nccn1C)c1nccc(C(=O)O)n1. The number of aromatic carboxylic acids is 1. The number of anilines is 1. The van der Waals surface area contributed by atoms with Crippen molar-refractivity contribution in [1.29, 1.82) is 0 Å². The van der Waals surface area contributed by atoms with E-state index in [-0.39, 0.29) is 5.69 Å². The molecule has 0 bridgehead atoms. The van der Waals surface area contributed by atoms with Gasteiger partial charge in [-0.1, -0.05) is 0 Å². The average Bonchev–Trinajstić information content (AvgIpc) is 2.75. The summed E-state index contributed by atoms with van der Waals surface area (Å²) in [6.07, 6.45) is 4.98. The number of aromatic nitrogens is 4. The molecule has 2 aromatic rings. The van der Waals surface area contributed by atoms with Crippen LogP contribution in [-0.4, -0.2) is 37.6 Å². The van der Waals surface area contributed by atoms with Crippen molar-refractivity contribution in [1.82, 2.24) is 19.5 Å². The highest BCUT2D eigenvalue weighted by Crippen LogP contribution is 2.09. The van der Waals surface area contributed by atoms with Gasteiger partial charge in [-0.15, -0.1) is 0 Å². The lowest BCUT2D eigenvalue weighted by molar-refractivity contribution is 0.0690. The van der Waals surface area contributed by atoms with Gasteiger partial charge in [0.15, 0.2) is 5.69 Å². The summed E-state index contributed by atoms with van der Waals surface area (Å²) in [6, 6.07) is 1.36. The standard InChI is InChI=1S/C11H13N5O2/c1-15-6-5-12-9(15)7-16(2)11-13-4-3-8(14-11)10(17)18/h3-6H,7H2,1-2H3,(H,17,18). The number of carboxylic acid groups (broad SMARTS) is 1. The molecule has 0 amide bonds. The molecule has 0 saturated carbocycles. The topological polar surface area (TPSA) is 84.1 Å². The summed E-state index contributed by atoms with van der Waals surface area (Å²) in [6.45, 7) is 0.507. The van der Waals surface area contributed by atoms with Gasteiger partial charge >= 0.3 is 5.97 Å². The van der Waals surface area contributed by atoms with Crippen molar-refractivity contribution in [2.24, 2.45) is 7.05 Å². The van der Waals surface area contributed by atoms with E-state index in [1.807, 2.05) is 17.8 Å². The Balaban J connectivity index is 2.18. The lowest BCUT2D eigenvalue weighted by Gasteiger charge is -2.16. The van der Waals surface area contributed by atoms with Crippen LogP contribution in [0.15, 0.2) is 24.7 Å². The Morgan fingerprint density at radius 1 is 1.44 bits per heavy atom. The maximum atomic E-state index is 10.8. The van der Waals surface area contributed by atoms with Crippen LogP contribution in [0.1, 0.15) is 16.3 Å². The number of hydrogen-bond donors (Lipinski definition) is 1. The molecule has 0 saturated heterocycles. The van der Waals surface area contributed by atoms with Gasteiger partial charge in [0.25, 0.3) is 0 Å². The molecule has 1 N–H and O–H groups in total. The summed E-state index contributed by atoms with van der Waals surface area (Å²) in [5.74, 6) is 0.142. The van der Waals surface area contributed by atoms with Crippen molar-refractivity contribution in [2.45, 2.75) is 6.54 Å². The van der Waals surface area contributed by atoms with E-state index in [2.05, 4.69) is 15.0 Å². The van der Waals surface area contributed by atoms with Gasteiger partial charge in [-0.2, -0.15) is 0 Å². The molecule has 0 unspecified atom stereocenters. The van der Waals surface area contributed by atoms with E-state index in [1.165, 1.54) is 12.3 Å². The van der Waals surface area contributed by atoms with Gasteiger partial charge in [-0.25, -0.2) is 19.7 Å². The van der Waals surface area contributed by atoms with Crippen LogP contribution in [-0.2, 0) is 13.6 Å². The molecule has 0 aliphatic heterocycles. The lowest BCUT2D eigenvalue weighted by Crippen LogP contribution is -2.22. The van der Waals surface area contributed by atoms with Gasteiger partial charge in [0.1, 0.15) is 5.82 Å². The summed E-state index contributed by atoms with van der Waals surface area (Å²) >= 11 is 0. The second kappa shape index (κ2) is 4.82. The summed E-state index contributed by atoms with van der Waals surface area (Å²) in [5, 5.41) is 8.87. The lowest BCUT2D eigenvalue weighted by atomic mass is 10.4. The molecule has 7 heteroatoms. The zero-order chi connectivity index (χ0) is 13.1. The van der Waals surface area contributed by atoms with E-state index in [1.54, 1.807) is 18.1 Å². The van der Waals surface area contributed by atoms with Crippen LogP contribution < -0.4 is 4.90 Å². The minimum Gasteiger partial charge on any atom is -0.477 e. The molecule has 0 aromatic carbocycles. The first-order valence-electron chi connectivity index (χ1n) is 5.31. The highest BCUT2D eigenvalue weighted by molar-refractivity contribution is 5.85. The first kappa shape index (κ1) is 12.0. The summed E-state index contributed by atoms with van der Waals surface area (Å²) in [4.78, 5) is 24.8. The monoisotopic (exact) mass is 247 g/mol. The first-order valence-corrected chi connectivity index (χ1v) is 5.31. The van der Waals surface area contributed by atoms with Crippen LogP contribution in [0.5, 0.6) is 0 Å². The van der Waals surface area contributed by atoms with Crippen LogP contribution in [0, 0.1) is 0 Å². The fourth-order valence-corrected chi connectivity index (χ4v) is 1.48. The second-order valence-corrected chi connectivity index (χ2v) is 3.86. The van der Waals surface area contributed by atoms with Crippen molar-refractivity contribution in [3.8, 4) is 0 Å². The van der Waals surface area contributed by atoms with Crippen LogP contribution in [0.2, 0.25) is 0 Å². The number of carbonyl (C=O) groups is 1. The van der Waals surface area contributed by atoms with Gasteiger partial charge in [-0.05, 0) is 6.07 Å². The number of carboxylic acids is 1. The highest BCUT2D eigenvalue weighted by atomic mass is 16.4. The Hall–Kier alpha value is -2.44. The predicted molar refractivity (Wildman–Crippen MR) is 64.3 cm³/mol. The largest absolute Gasteiger partial charge is 0.477 e. The molecule has 2 aromatic heterocycles. The van der Waals surface area contributed by atoms with E-state index in [9.17, 15) is 4.79 Å². The molecule has 0 aliphatic rings. The first-order chi connectivity index (χ1) is 8.58. The van der Waals surface area contributed by atoms with E-state index in [0.717, 1.165) is 5.82 Å². The van der Waals surface area contributed by atoms with E-state index >= 15 is 0 Å². The number of hydrogen-bond acceptors (Lipinski definition) is 5.